The molecule has 0 aliphatic rings. The van der Waals surface area contributed by atoms with Crippen LogP contribution in [0.5, 0.6) is 0 Å². The molecular weight excluding hydrogens is 234 g/mol. The SMILES string of the molecule is CCOC(=O)c1cnn(C)c1CNOCC(C)C. The minimum absolute atomic E-state index is 0.352. The number of aryl methyl sites for hydroxylation is 1. The largest absolute Gasteiger partial charge is 0.462 e. The van der Waals surface area contributed by atoms with Gasteiger partial charge in [0.2, 0.25) is 0 Å². The van der Waals surface area contributed by atoms with E-state index in [-0.39, 0.29) is 5.97 Å². The average Bonchev–Trinajstić information content (AvgIpc) is 2.66. The summed E-state index contributed by atoms with van der Waals surface area (Å²) in [6, 6.07) is 0. The molecular formula is C12H21N3O3. The van der Waals surface area contributed by atoms with Gasteiger partial charge in [-0.05, 0) is 12.8 Å². The summed E-state index contributed by atoms with van der Waals surface area (Å²) >= 11 is 0. The highest BCUT2D eigenvalue weighted by Crippen LogP contribution is 2.09. The Morgan fingerprint density at radius 1 is 1.56 bits per heavy atom. The van der Waals surface area contributed by atoms with Crippen molar-refractivity contribution < 1.29 is 14.4 Å². The predicted octanol–water partition coefficient (Wildman–Crippen LogP) is 1.27. The number of aromatic nitrogens is 2. The van der Waals surface area contributed by atoms with E-state index in [1.807, 2.05) is 0 Å². The van der Waals surface area contributed by atoms with Gasteiger partial charge >= 0.3 is 5.97 Å². The fraction of sp³-hybridized carbons (Fsp3) is 0.667. The first kappa shape index (κ1) is 14.7. The molecule has 1 heterocycles. The Hall–Kier alpha value is -1.40. The van der Waals surface area contributed by atoms with Crippen LogP contribution in [0.2, 0.25) is 0 Å². The third-order valence-electron chi connectivity index (χ3n) is 2.32. The smallest absolute Gasteiger partial charge is 0.341 e. The lowest BCUT2D eigenvalue weighted by molar-refractivity contribution is 0.0181. The fourth-order valence-electron chi connectivity index (χ4n) is 1.40. The Labute approximate surface area is 107 Å². The molecule has 0 radical (unpaired) electrons. The van der Waals surface area contributed by atoms with E-state index in [0.717, 1.165) is 5.69 Å². The first-order valence-electron chi connectivity index (χ1n) is 6.08. The van der Waals surface area contributed by atoms with E-state index in [4.69, 9.17) is 9.57 Å². The van der Waals surface area contributed by atoms with Crippen LogP contribution in [0.4, 0.5) is 0 Å². The molecule has 6 heteroatoms. The Bertz CT molecular complexity index is 388. The minimum Gasteiger partial charge on any atom is -0.462 e. The van der Waals surface area contributed by atoms with Gasteiger partial charge in [0.25, 0.3) is 0 Å². The average molecular weight is 255 g/mol. The number of hydrogen-bond donors (Lipinski definition) is 1. The van der Waals surface area contributed by atoms with Crippen LogP contribution in [0, 0.1) is 5.92 Å². The quantitative estimate of drug-likeness (QED) is 0.451. The highest BCUT2D eigenvalue weighted by Gasteiger charge is 2.16. The maximum atomic E-state index is 11.7. The molecule has 0 saturated heterocycles. The maximum absolute atomic E-state index is 11.7. The third kappa shape index (κ3) is 4.12. The van der Waals surface area contributed by atoms with E-state index in [1.54, 1.807) is 18.7 Å². The monoisotopic (exact) mass is 255 g/mol. The molecule has 0 bridgehead atoms. The van der Waals surface area contributed by atoms with Gasteiger partial charge in [-0.25, -0.2) is 4.79 Å². The molecule has 0 spiro atoms. The summed E-state index contributed by atoms with van der Waals surface area (Å²) in [5.41, 5.74) is 4.05. The summed E-state index contributed by atoms with van der Waals surface area (Å²) in [5, 5.41) is 4.05. The highest BCUT2D eigenvalue weighted by atomic mass is 16.6. The van der Waals surface area contributed by atoms with Gasteiger partial charge in [-0.3, -0.25) is 4.68 Å². The van der Waals surface area contributed by atoms with Crippen molar-refractivity contribution in [1.29, 1.82) is 0 Å². The van der Waals surface area contributed by atoms with Crippen LogP contribution in [-0.2, 0) is 23.2 Å². The van der Waals surface area contributed by atoms with E-state index < -0.39 is 0 Å². The maximum Gasteiger partial charge on any atom is 0.341 e. The Morgan fingerprint density at radius 2 is 2.28 bits per heavy atom. The summed E-state index contributed by atoms with van der Waals surface area (Å²) in [5.74, 6) is 0.0971. The van der Waals surface area contributed by atoms with Gasteiger partial charge in [0.05, 0.1) is 31.6 Å². The number of carbonyl (C=O) groups excluding carboxylic acids is 1. The number of rotatable bonds is 7. The number of nitrogens with zero attached hydrogens (tertiary/aromatic N) is 2. The summed E-state index contributed by atoms with van der Waals surface area (Å²) in [4.78, 5) is 17.0. The zero-order chi connectivity index (χ0) is 13.5. The number of carbonyl (C=O) groups is 1. The second-order valence-electron chi connectivity index (χ2n) is 4.37. The van der Waals surface area contributed by atoms with Crippen molar-refractivity contribution in [2.75, 3.05) is 13.2 Å². The number of ether oxygens (including phenoxy) is 1. The molecule has 1 aromatic rings. The standard InChI is InChI=1S/C12H21N3O3/c1-5-17-12(16)10-6-13-15(4)11(10)7-14-18-8-9(2)3/h6,9,14H,5,7-8H2,1-4H3. The van der Waals surface area contributed by atoms with E-state index in [0.29, 0.717) is 31.2 Å². The van der Waals surface area contributed by atoms with Crippen molar-refractivity contribution >= 4 is 5.97 Å². The topological polar surface area (TPSA) is 65.4 Å². The van der Waals surface area contributed by atoms with Gasteiger partial charge in [-0.1, -0.05) is 13.8 Å². The van der Waals surface area contributed by atoms with E-state index in [9.17, 15) is 4.79 Å². The molecule has 1 rings (SSSR count). The van der Waals surface area contributed by atoms with Crippen LogP contribution in [0.25, 0.3) is 0 Å². The van der Waals surface area contributed by atoms with Gasteiger partial charge < -0.3 is 9.57 Å². The molecule has 1 N–H and O–H groups in total. The lowest BCUT2D eigenvalue weighted by Crippen LogP contribution is -2.21. The van der Waals surface area contributed by atoms with E-state index in [1.165, 1.54) is 6.20 Å². The highest BCUT2D eigenvalue weighted by molar-refractivity contribution is 5.90. The van der Waals surface area contributed by atoms with Crippen molar-refractivity contribution in [2.45, 2.75) is 27.3 Å². The van der Waals surface area contributed by atoms with Crippen LogP contribution >= 0.6 is 0 Å². The zero-order valence-corrected chi connectivity index (χ0v) is 11.4. The van der Waals surface area contributed by atoms with Crippen LogP contribution in [0.15, 0.2) is 6.20 Å². The van der Waals surface area contributed by atoms with Crippen LogP contribution in [-0.4, -0.2) is 29.0 Å². The second-order valence-corrected chi connectivity index (χ2v) is 4.37. The van der Waals surface area contributed by atoms with Crippen molar-refractivity contribution in [2.24, 2.45) is 13.0 Å². The van der Waals surface area contributed by atoms with Gasteiger partial charge in [0.15, 0.2) is 0 Å². The van der Waals surface area contributed by atoms with Crippen LogP contribution < -0.4 is 5.48 Å². The van der Waals surface area contributed by atoms with Crippen molar-refractivity contribution in [3.8, 4) is 0 Å². The van der Waals surface area contributed by atoms with Crippen LogP contribution in [0.1, 0.15) is 36.8 Å². The molecule has 0 aromatic carbocycles. The van der Waals surface area contributed by atoms with Gasteiger partial charge in [0.1, 0.15) is 5.56 Å². The Balaban J connectivity index is 2.58. The number of hydroxylamine groups is 1. The van der Waals surface area contributed by atoms with Crippen molar-refractivity contribution in [1.82, 2.24) is 15.3 Å². The molecule has 0 aliphatic heterocycles. The molecule has 102 valence electrons. The molecule has 0 unspecified atom stereocenters. The summed E-state index contributed by atoms with van der Waals surface area (Å²) in [6.07, 6.45) is 1.51. The molecule has 18 heavy (non-hydrogen) atoms. The molecule has 0 amide bonds. The van der Waals surface area contributed by atoms with E-state index >= 15 is 0 Å². The Kier molecular flexibility index (Phi) is 5.80. The van der Waals surface area contributed by atoms with E-state index in [2.05, 4.69) is 24.4 Å². The molecule has 0 fully saturated rings. The zero-order valence-electron chi connectivity index (χ0n) is 11.4. The molecule has 1 aromatic heterocycles. The molecule has 0 saturated carbocycles. The number of hydrogen-bond acceptors (Lipinski definition) is 5. The van der Waals surface area contributed by atoms with Crippen molar-refractivity contribution in [3.05, 3.63) is 17.5 Å². The third-order valence-corrected chi connectivity index (χ3v) is 2.32. The van der Waals surface area contributed by atoms with Gasteiger partial charge in [-0.15, -0.1) is 0 Å². The summed E-state index contributed by atoms with van der Waals surface area (Å²) in [6.45, 7) is 7.29. The lowest BCUT2D eigenvalue weighted by atomic mass is 10.2. The number of nitrogens with one attached hydrogen (secondary N) is 1. The van der Waals surface area contributed by atoms with Gasteiger partial charge in [0, 0.05) is 7.05 Å². The Morgan fingerprint density at radius 3 is 2.89 bits per heavy atom. The predicted molar refractivity (Wildman–Crippen MR) is 66.8 cm³/mol. The van der Waals surface area contributed by atoms with Gasteiger partial charge in [-0.2, -0.15) is 10.6 Å². The normalized spacial score (nSPS) is 10.9. The lowest BCUT2D eigenvalue weighted by Gasteiger charge is -2.09. The molecule has 6 nitrogen and oxygen atoms in total. The first-order valence-corrected chi connectivity index (χ1v) is 6.08. The fourth-order valence-corrected chi connectivity index (χ4v) is 1.40. The molecule has 0 atom stereocenters. The summed E-state index contributed by atoms with van der Waals surface area (Å²) < 4.78 is 6.60. The second kappa shape index (κ2) is 7.13. The van der Waals surface area contributed by atoms with Crippen LogP contribution in [0.3, 0.4) is 0 Å². The minimum atomic E-state index is -0.355. The first-order chi connectivity index (χ1) is 8.56. The molecule has 0 aliphatic carbocycles. The summed E-state index contributed by atoms with van der Waals surface area (Å²) in [7, 11) is 1.78. The van der Waals surface area contributed by atoms with Crippen molar-refractivity contribution in [3.63, 3.8) is 0 Å². The number of esters is 1.